The van der Waals surface area contributed by atoms with Crippen LogP contribution in [0.4, 0.5) is 10.6 Å². The summed E-state index contributed by atoms with van der Waals surface area (Å²) in [5.74, 6) is 1.14. The van der Waals surface area contributed by atoms with Crippen LogP contribution in [0, 0.1) is 0 Å². The summed E-state index contributed by atoms with van der Waals surface area (Å²) in [6.45, 7) is 7.38. The number of hydrogen-bond donors (Lipinski definition) is 2. The summed E-state index contributed by atoms with van der Waals surface area (Å²) in [5, 5.41) is 11.0. The van der Waals surface area contributed by atoms with E-state index in [1.165, 1.54) is 5.56 Å². The molecule has 1 aromatic heterocycles. The number of carbonyl (C=O) groups excluding carboxylic acids is 1. The molecule has 1 aliphatic heterocycles. The molecule has 0 aliphatic carbocycles. The maximum atomic E-state index is 13.1. The monoisotopic (exact) mass is 447 g/mol. The molecule has 2 aromatic carbocycles. The van der Waals surface area contributed by atoms with Gasteiger partial charge in [-0.3, -0.25) is 10.2 Å². The summed E-state index contributed by atoms with van der Waals surface area (Å²) in [4.78, 5) is 15.5. The number of anilines is 1. The van der Waals surface area contributed by atoms with Crippen molar-refractivity contribution >= 4 is 11.8 Å². The lowest BCUT2D eigenvalue weighted by Gasteiger charge is -2.20. The third kappa shape index (κ3) is 5.61. The van der Waals surface area contributed by atoms with E-state index in [2.05, 4.69) is 53.6 Å². The van der Waals surface area contributed by atoms with Crippen LogP contribution in [-0.2, 0) is 4.74 Å². The Kier molecular flexibility index (Phi) is 7.42. The van der Waals surface area contributed by atoms with Crippen LogP contribution in [0.15, 0.2) is 66.7 Å². The van der Waals surface area contributed by atoms with Crippen molar-refractivity contribution in [2.24, 2.45) is 0 Å². The van der Waals surface area contributed by atoms with E-state index in [9.17, 15) is 4.79 Å². The molecule has 0 radical (unpaired) electrons. The summed E-state index contributed by atoms with van der Waals surface area (Å²) in [5.41, 5.74) is 3.08. The molecule has 0 saturated carbocycles. The van der Waals surface area contributed by atoms with E-state index in [0.29, 0.717) is 12.4 Å². The molecule has 2 unspecified atom stereocenters. The predicted octanol–water partition coefficient (Wildman–Crippen LogP) is 4.23. The highest BCUT2D eigenvalue weighted by molar-refractivity contribution is 5.89. The van der Waals surface area contributed by atoms with Gasteiger partial charge in [0.25, 0.3) is 0 Å². The minimum atomic E-state index is -0.220. The highest BCUT2D eigenvalue weighted by Gasteiger charge is 2.34. The largest absolute Gasteiger partial charge is 0.383 e. The molecular formula is C26H33N5O2. The first-order valence-electron chi connectivity index (χ1n) is 11.5. The number of hydrogen-bond acceptors (Lipinski definition) is 4. The second kappa shape index (κ2) is 10.6. The van der Waals surface area contributed by atoms with E-state index in [0.717, 1.165) is 31.0 Å². The van der Waals surface area contributed by atoms with Crippen molar-refractivity contribution in [3.05, 3.63) is 78.0 Å². The van der Waals surface area contributed by atoms with Gasteiger partial charge in [-0.25, -0.2) is 9.48 Å². The standard InChI is InChI=1S/C26H33N5O2/c1-19(2)23-16-25(31(29-23)21-12-8-5-9-13-21)28-26(32)27-24-18-30(14-15-33-3)17-22(24)20-10-6-4-7-11-20/h4-13,16,19,22,24H,14-15,17-18H2,1-3H3,(H2,27,28,32). The molecule has 4 rings (SSSR count). The molecule has 7 heteroatoms. The fourth-order valence-electron chi connectivity index (χ4n) is 4.33. The molecule has 2 heterocycles. The Morgan fingerprint density at radius 3 is 2.45 bits per heavy atom. The number of para-hydroxylation sites is 1. The molecule has 2 atom stereocenters. The van der Waals surface area contributed by atoms with Gasteiger partial charge in [0.1, 0.15) is 5.82 Å². The number of carbonyl (C=O) groups is 1. The predicted molar refractivity (Wildman–Crippen MR) is 131 cm³/mol. The fraction of sp³-hybridized carbons (Fsp3) is 0.385. The van der Waals surface area contributed by atoms with Crippen LogP contribution >= 0.6 is 0 Å². The van der Waals surface area contributed by atoms with Crippen LogP contribution in [0.3, 0.4) is 0 Å². The number of nitrogens with zero attached hydrogens (tertiary/aromatic N) is 3. The normalized spacial score (nSPS) is 18.5. The van der Waals surface area contributed by atoms with Crippen molar-refractivity contribution in [3.63, 3.8) is 0 Å². The lowest BCUT2D eigenvalue weighted by Crippen LogP contribution is -2.42. The van der Waals surface area contributed by atoms with E-state index in [4.69, 9.17) is 9.84 Å². The van der Waals surface area contributed by atoms with Crippen LogP contribution in [0.25, 0.3) is 5.69 Å². The first-order chi connectivity index (χ1) is 16.0. The summed E-state index contributed by atoms with van der Waals surface area (Å²) < 4.78 is 7.06. The maximum Gasteiger partial charge on any atom is 0.320 e. The fourth-order valence-corrected chi connectivity index (χ4v) is 4.33. The average molecular weight is 448 g/mol. The summed E-state index contributed by atoms with van der Waals surface area (Å²) >= 11 is 0. The Bertz CT molecular complexity index is 1040. The number of amides is 2. The van der Waals surface area contributed by atoms with E-state index in [-0.39, 0.29) is 23.9 Å². The summed E-state index contributed by atoms with van der Waals surface area (Å²) in [6, 6.07) is 22.0. The van der Waals surface area contributed by atoms with Crippen molar-refractivity contribution < 1.29 is 9.53 Å². The molecule has 0 bridgehead atoms. The molecule has 1 aliphatic rings. The van der Waals surface area contributed by atoms with Crippen LogP contribution in [0.1, 0.15) is 36.9 Å². The zero-order valence-electron chi connectivity index (χ0n) is 19.6. The number of ether oxygens (including phenoxy) is 1. The van der Waals surface area contributed by atoms with Crippen LogP contribution in [-0.4, -0.2) is 60.1 Å². The SMILES string of the molecule is COCCN1CC(NC(=O)Nc2cc(C(C)C)nn2-c2ccccc2)C(c2ccccc2)C1. The third-order valence-electron chi connectivity index (χ3n) is 6.11. The second-order valence-corrected chi connectivity index (χ2v) is 8.83. The Morgan fingerprint density at radius 1 is 1.09 bits per heavy atom. The van der Waals surface area contributed by atoms with Crippen molar-refractivity contribution in [1.82, 2.24) is 20.0 Å². The molecule has 33 heavy (non-hydrogen) atoms. The van der Waals surface area contributed by atoms with E-state index in [1.807, 2.05) is 42.5 Å². The first kappa shape index (κ1) is 23.0. The molecule has 0 spiro atoms. The number of nitrogens with one attached hydrogen (secondary N) is 2. The number of methoxy groups -OCH3 is 1. The van der Waals surface area contributed by atoms with E-state index in [1.54, 1.807) is 11.8 Å². The van der Waals surface area contributed by atoms with Gasteiger partial charge in [0.2, 0.25) is 0 Å². The minimum absolute atomic E-state index is 0.00178. The smallest absolute Gasteiger partial charge is 0.320 e. The van der Waals surface area contributed by atoms with Gasteiger partial charge in [-0.1, -0.05) is 62.4 Å². The summed E-state index contributed by atoms with van der Waals surface area (Å²) in [7, 11) is 1.72. The Morgan fingerprint density at radius 2 is 1.79 bits per heavy atom. The number of urea groups is 1. The van der Waals surface area contributed by atoms with Crippen molar-refractivity contribution in [2.75, 3.05) is 38.7 Å². The molecule has 3 aromatic rings. The highest BCUT2D eigenvalue weighted by atomic mass is 16.5. The average Bonchev–Trinajstić information content (AvgIpc) is 3.43. The van der Waals surface area contributed by atoms with E-state index >= 15 is 0 Å². The molecule has 174 valence electrons. The lowest BCUT2D eigenvalue weighted by molar-refractivity contribution is 0.159. The van der Waals surface area contributed by atoms with Gasteiger partial charge in [0, 0.05) is 38.7 Å². The molecule has 1 saturated heterocycles. The highest BCUT2D eigenvalue weighted by Crippen LogP contribution is 2.28. The van der Waals surface area contributed by atoms with Crippen molar-refractivity contribution in [3.8, 4) is 5.69 Å². The number of aromatic nitrogens is 2. The first-order valence-corrected chi connectivity index (χ1v) is 11.5. The number of benzene rings is 2. The van der Waals surface area contributed by atoms with Crippen LogP contribution in [0.5, 0.6) is 0 Å². The van der Waals surface area contributed by atoms with Gasteiger partial charge >= 0.3 is 6.03 Å². The molecule has 7 nitrogen and oxygen atoms in total. The van der Waals surface area contributed by atoms with Gasteiger partial charge in [-0.05, 0) is 23.6 Å². The Labute approximate surface area is 195 Å². The van der Waals surface area contributed by atoms with Crippen molar-refractivity contribution in [1.29, 1.82) is 0 Å². The molecular weight excluding hydrogens is 414 g/mol. The van der Waals surface area contributed by atoms with E-state index < -0.39 is 0 Å². The molecule has 2 N–H and O–H groups in total. The molecule has 1 fully saturated rings. The summed E-state index contributed by atoms with van der Waals surface area (Å²) in [6.07, 6.45) is 0. The van der Waals surface area contributed by atoms with Gasteiger partial charge in [-0.2, -0.15) is 5.10 Å². The van der Waals surface area contributed by atoms with Gasteiger partial charge in [0.15, 0.2) is 0 Å². The van der Waals surface area contributed by atoms with Crippen LogP contribution < -0.4 is 10.6 Å². The quantitative estimate of drug-likeness (QED) is 0.542. The van der Waals surface area contributed by atoms with Gasteiger partial charge < -0.3 is 10.1 Å². The zero-order valence-corrected chi connectivity index (χ0v) is 19.6. The lowest BCUT2D eigenvalue weighted by atomic mass is 9.94. The van der Waals surface area contributed by atoms with Crippen LogP contribution in [0.2, 0.25) is 0 Å². The number of likely N-dealkylation sites (tertiary alicyclic amines) is 1. The zero-order chi connectivity index (χ0) is 23.2. The second-order valence-electron chi connectivity index (χ2n) is 8.83. The topological polar surface area (TPSA) is 71.4 Å². The maximum absolute atomic E-state index is 13.1. The Hall–Kier alpha value is -3.16. The minimum Gasteiger partial charge on any atom is -0.383 e. The Balaban J connectivity index is 1.51. The third-order valence-corrected chi connectivity index (χ3v) is 6.11. The molecule has 2 amide bonds. The van der Waals surface area contributed by atoms with Gasteiger partial charge in [-0.15, -0.1) is 0 Å². The van der Waals surface area contributed by atoms with Gasteiger partial charge in [0.05, 0.1) is 24.0 Å². The number of rotatable bonds is 8. The van der Waals surface area contributed by atoms with Crippen molar-refractivity contribution in [2.45, 2.75) is 31.7 Å².